The molecule has 0 fully saturated rings. The summed E-state index contributed by atoms with van der Waals surface area (Å²) in [5, 5.41) is 0. The van der Waals surface area contributed by atoms with Gasteiger partial charge in [-0.25, -0.2) is 0 Å². The van der Waals surface area contributed by atoms with Crippen LogP contribution in [0.1, 0.15) is 292 Å². The Hall–Kier alpha value is -1.59. The Morgan fingerprint density at radius 1 is 0.333 bits per heavy atom. The van der Waals surface area contributed by atoms with Crippen LogP contribution in [-0.2, 0) is 28.6 Å². The van der Waals surface area contributed by atoms with Gasteiger partial charge >= 0.3 is 17.9 Å². The second-order valence-corrected chi connectivity index (χ2v) is 19.7. The van der Waals surface area contributed by atoms with Crippen molar-refractivity contribution in [2.75, 3.05) is 13.2 Å². The van der Waals surface area contributed by atoms with E-state index >= 15 is 0 Å². The van der Waals surface area contributed by atoms with Crippen LogP contribution in [0.4, 0.5) is 0 Å². The number of rotatable bonds is 47. The Balaban J connectivity index is 4.24. The molecule has 0 aliphatic heterocycles. The van der Waals surface area contributed by atoms with E-state index in [2.05, 4.69) is 41.5 Å². The summed E-state index contributed by atoms with van der Waals surface area (Å²) in [6, 6.07) is 0. The van der Waals surface area contributed by atoms with E-state index in [1.807, 2.05) is 0 Å². The lowest BCUT2D eigenvalue weighted by Crippen LogP contribution is -2.30. The topological polar surface area (TPSA) is 78.9 Å². The van der Waals surface area contributed by atoms with E-state index in [1.54, 1.807) is 0 Å². The van der Waals surface area contributed by atoms with Crippen LogP contribution in [0.25, 0.3) is 0 Å². The zero-order valence-electron chi connectivity index (χ0n) is 41.3. The summed E-state index contributed by atoms with van der Waals surface area (Å²) in [7, 11) is 0. The van der Waals surface area contributed by atoms with Crippen LogP contribution < -0.4 is 0 Å². The minimum Gasteiger partial charge on any atom is -0.462 e. The van der Waals surface area contributed by atoms with Gasteiger partial charge in [0.05, 0.1) is 0 Å². The van der Waals surface area contributed by atoms with Gasteiger partial charge in [0.15, 0.2) is 6.10 Å². The Morgan fingerprint density at radius 2 is 0.583 bits per heavy atom. The second kappa shape index (κ2) is 45.4. The molecule has 0 bridgehead atoms. The highest BCUT2D eigenvalue weighted by Crippen LogP contribution is 2.18. The van der Waals surface area contributed by atoms with E-state index in [0.29, 0.717) is 19.3 Å². The lowest BCUT2D eigenvalue weighted by Gasteiger charge is -2.18. The van der Waals surface area contributed by atoms with Gasteiger partial charge in [-0.05, 0) is 37.0 Å². The highest BCUT2D eigenvalue weighted by Gasteiger charge is 2.19. The van der Waals surface area contributed by atoms with Crippen molar-refractivity contribution in [3.05, 3.63) is 0 Å². The van der Waals surface area contributed by atoms with Gasteiger partial charge in [-0.15, -0.1) is 0 Å². The molecule has 1 unspecified atom stereocenters. The second-order valence-electron chi connectivity index (χ2n) is 19.7. The van der Waals surface area contributed by atoms with Gasteiger partial charge in [0.2, 0.25) is 0 Å². The fraction of sp³-hybridized carbons (Fsp3) is 0.944. The first-order valence-electron chi connectivity index (χ1n) is 26.6. The summed E-state index contributed by atoms with van der Waals surface area (Å²) in [6.45, 7) is 13.7. The maximum Gasteiger partial charge on any atom is 0.306 e. The lowest BCUT2D eigenvalue weighted by atomic mass is 10.00. The molecule has 0 N–H and O–H groups in total. The number of carbonyl (C=O) groups excluding carboxylic acids is 3. The van der Waals surface area contributed by atoms with Gasteiger partial charge in [-0.3, -0.25) is 14.4 Å². The minimum atomic E-state index is -0.763. The largest absolute Gasteiger partial charge is 0.462 e. The normalized spacial score (nSPS) is 12.6. The fourth-order valence-electron chi connectivity index (χ4n) is 8.08. The van der Waals surface area contributed by atoms with Crippen molar-refractivity contribution < 1.29 is 28.6 Å². The number of carbonyl (C=O) groups is 3. The van der Waals surface area contributed by atoms with Gasteiger partial charge in [-0.1, -0.05) is 253 Å². The summed E-state index contributed by atoms with van der Waals surface area (Å²) in [6.07, 6.45) is 45.3. The molecule has 0 rings (SSSR count). The van der Waals surface area contributed by atoms with Crippen LogP contribution in [-0.4, -0.2) is 37.2 Å². The highest BCUT2D eigenvalue weighted by atomic mass is 16.6. The molecule has 0 radical (unpaired) electrons. The molecule has 0 aliphatic rings. The van der Waals surface area contributed by atoms with Crippen LogP contribution in [0.3, 0.4) is 0 Å². The van der Waals surface area contributed by atoms with E-state index in [4.69, 9.17) is 14.2 Å². The number of hydrogen-bond donors (Lipinski definition) is 0. The first-order valence-corrected chi connectivity index (χ1v) is 26.6. The van der Waals surface area contributed by atoms with Gasteiger partial charge in [0.1, 0.15) is 13.2 Å². The summed E-state index contributed by atoms with van der Waals surface area (Å²) in [5.74, 6) is 1.63. The number of esters is 3. The first-order chi connectivity index (χ1) is 29.1. The Morgan fingerprint density at radius 3 is 0.867 bits per heavy atom. The third-order valence-corrected chi connectivity index (χ3v) is 12.5. The van der Waals surface area contributed by atoms with Crippen LogP contribution in [0.2, 0.25) is 0 Å². The van der Waals surface area contributed by atoms with Crippen molar-refractivity contribution >= 4 is 17.9 Å². The number of ether oxygens (including phenoxy) is 3. The molecule has 0 heterocycles. The summed E-state index contributed by atoms with van der Waals surface area (Å²) >= 11 is 0. The van der Waals surface area contributed by atoms with Gasteiger partial charge in [0.25, 0.3) is 0 Å². The molecule has 0 aromatic heterocycles. The zero-order chi connectivity index (χ0) is 44.2. The fourth-order valence-corrected chi connectivity index (χ4v) is 8.08. The van der Waals surface area contributed by atoms with E-state index in [1.165, 1.54) is 173 Å². The van der Waals surface area contributed by atoms with Crippen molar-refractivity contribution in [1.29, 1.82) is 0 Å². The maximum absolute atomic E-state index is 12.8. The summed E-state index contributed by atoms with van der Waals surface area (Å²) in [4.78, 5) is 37.9. The van der Waals surface area contributed by atoms with Crippen molar-refractivity contribution in [2.24, 2.45) is 17.8 Å². The Kier molecular flexibility index (Phi) is 44.2. The predicted molar refractivity (Wildman–Crippen MR) is 256 cm³/mol. The van der Waals surface area contributed by atoms with Crippen molar-refractivity contribution in [1.82, 2.24) is 0 Å². The van der Waals surface area contributed by atoms with Crippen molar-refractivity contribution in [3.63, 3.8) is 0 Å². The number of unbranched alkanes of at least 4 members (excludes halogenated alkanes) is 29. The van der Waals surface area contributed by atoms with Crippen LogP contribution >= 0.6 is 0 Å². The predicted octanol–water partition coefficient (Wildman–Crippen LogP) is 17.2. The zero-order valence-corrected chi connectivity index (χ0v) is 41.3. The van der Waals surface area contributed by atoms with Gasteiger partial charge < -0.3 is 14.2 Å². The molecule has 0 saturated carbocycles. The molecule has 0 spiro atoms. The molecule has 0 aromatic carbocycles. The molecular weight excluding hydrogens is 745 g/mol. The van der Waals surface area contributed by atoms with E-state index in [0.717, 1.165) is 75.5 Å². The summed E-state index contributed by atoms with van der Waals surface area (Å²) in [5.41, 5.74) is 0. The van der Waals surface area contributed by atoms with E-state index in [9.17, 15) is 14.4 Å². The van der Waals surface area contributed by atoms with E-state index < -0.39 is 6.10 Å². The molecule has 0 aromatic rings. The van der Waals surface area contributed by atoms with E-state index in [-0.39, 0.29) is 31.1 Å². The molecule has 2 atom stereocenters. The molecule has 6 heteroatoms. The Bertz CT molecular complexity index is 931. The maximum atomic E-state index is 12.8. The SMILES string of the molecule is CCC(C)CCCCCCCCC(=O)O[C@H](COC(=O)CCCCCCCCCCCCCCCCCCC(C)C)COC(=O)CCCCCCCCCCCCC(C)C. The van der Waals surface area contributed by atoms with Crippen molar-refractivity contribution in [3.8, 4) is 0 Å². The monoisotopic (exact) mass is 849 g/mol. The molecule has 0 saturated heterocycles. The van der Waals surface area contributed by atoms with Gasteiger partial charge in [-0.2, -0.15) is 0 Å². The molecular formula is C54H104O6. The third kappa shape index (κ3) is 45.9. The average molecular weight is 849 g/mol. The van der Waals surface area contributed by atoms with Crippen LogP contribution in [0, 0.1) is 17.8 Å². The molecule has 0 aliphatic carbocycles. The highest BCUT2D eigenvalue weighted by molar-refractivity contribution is 5.71. The molecule has 356 valence electrons. The standard InChI is InChI=1S/C54H104O6/c1-7-50(6)42-36-30-26-27-33-39-45-54(57)60-51(47-59-53(56)44-38-32-25-21-17-16-19-23-29-35-41-49(4)5)46-58-52(55)43-37-31-24-20-15-13-11-9-8-10-12-14-18-22-28-34-40-48(2)3/h48-51H,7-47H2,1-6H3/t50?,51-/m1/s1. The average Bonchev–Trinajstić information content (AvgIpc) is 3.22. The lowest BCUT2D eigenvalue weighted by molar-refractivity contribution is -0.167. The Labute approximate surface area is 374 Å². The molecule has 60 heavy (non-hydrogen) atoms. The smallest absolute Gasteiger partial charge is 0.306 e. The molecule has 0 amide bonds. The van der Waals surface area contributed by atoms with Gasteiger partial charge in [0, 0.05) is 19.3 Å². The molecule has 6 nitrogen and oxygen atoms in total. The van der Waals surface area contributed by atoms with Crippen LogP contribution in [0.5, 0.6) is 0 Å². The summed E-state index contributed by atoms with van der Waals surface area (Å²) < 4.78 is 16.8. The quantitative estimate of drug-likeness (QED) is 0.0345. The van der Waals surface area contributed by atoms with Crippen molar-refractivity contribution in [2.45, 2.75) is 298 Å². The minimum absolute atomic E-state index is 0.0653. The third-order valence-electron chi connectivity index (χ3n) is 12.5. The van der Waals surface area contributed by atoms with Crippen LogP contribution in [0.15, 0.2) is 0 Å². The number of hydrogen-bond acceptors (Lipinski definition) is 6. The first kappa shape index (κ1) is 58.4.